The lowest BCUT2D eigenvalue weighted by atomic mass is 10.1. The number of hydrogen-bond donors (Lipinski definition) is 1. The minimum atomic E-state index is -1.51. The summed E-state index contributed by atoms with van der Waals surface area (Å²) in [6.45, 7) is -0.0435. The van der Waals surface area contributed by atoms with Crippen LogP contribution in [0, 0.1) is 11.6 Å². The highest BCUT2D eigenvalue weighted by molar-refractivity contribution is 5.93. The van der Waals surface area contributed by atoms with Crippen molar-refractivity contribution in [3.8, 4) is 11.3 Å². The van der Waals surface area contributed by atoms with E-state index in [0.29, 0.717) is 11.4 Å². The van der Waals surface area contributed by atoms with Gasteiger partial charge in [-0.05, 0) is 24.3 Å². The number of pyridine rings is 2. The van der Waals surface area contributed by atoms with E-state index in [2.05, 4.69) is 4.98 Å². The molecule has 0 aliphatic heterocycles. The molecule has 0 radical (unpaired) electrons. The third-order valence-electron chi connectivity index (χ3n) is 4.56. The molecule has 2 aromatic carbocycles. The van der Waals surface area contributed by atoms with Crippen molar-refractivity contribution in [3.05, 3.63) is 100.0 Å². The zero-order chi connectivity index (χ0) is 20.5. The van der Waals surface area contributed by atoms with Crippen LogP contribution in [-0.2, 0) is 6.54 Å². The van der Waals surface area contributed by atoms with E-state index in [1.807, 2.05) is 36.4 Å². The van der Waals surface area contributed by atoms with Crippen molar-refractivity contribution in [2.45, 2.75) is 6.54 Å². The van der Waals surface area contributed by atoms with Gasteiger partial charge in [-0.15, -0.1) is 0 Å². The molecule has 0 aliphatic carbocycles. The second kappa shape index (κ2) is 7.27. The molecular formula is C22H14F2N2O3. The van der Waals surface area contributed by atoms with E-state index in [0.717, 1.165) is 23.9 Å². The molecule has 1 N–H and O–H groups in total. The van der Waals surface area contributed by atoms with Gasteiger partial charge in [-0.3, -0.25) is 9.78 Å². The SMILES string of the molecule is O=C(O)c1cn(Cc2cccc(-c3ccccc3)n2)c2c(F)ccc(F)c2c1=O. The first-order valence-electron chi connectivity index (χ1n) is 8.71. The van der Waals surface area contributed by atoms with Gasteiger partial charge in [0.15, 0.2) is 0 Å². The quantitative estimate of drug-likeness (QED) is 0.568. The average Bonchev–Trinajstić information content (AvgIpc) is 2.72. The van der Waals surface area contributed by atoms with Crippen LogP contribution in [0.5, 0.6) is 0 Å². The first-order chi connectivity index (χ1) is 14.0. The molecule has 144 valence electrons. The Morgan fingerprint density at radius 3 is 2.41 bits per heavy atom. The van der Waals surface area contributed by atoms with Crippen LogP contribution in [-0.4, -0.2) is 20.6 Å². The summed E-state index contributed by atoms with van der Waals surface area (Å²) >= 11 is 0. The number of aromatic nitrogens is 2. The predicted octanol–water partition coefficient (Wildman–Crippen LogP) is 4.09. The molecule has 7 heteroatoms. The second-order valence-electron chi connectivity index (χ2n) is 6.44. The Kier molecular flexibility index (Phi) is 4.64. The molecule has 5 nitrogen and oxygen atoms in total. The summed E-state index contributed by atoms with van der Waals surface area (Å²) in [5.41, 5.74) is 0.0531. The third kappa shape index (κ3) is 3.38. The Balaban J connectivity index is 1.89. The van der Waals surface area contributed by atoms with E-state index in [1.54, 1.807) is 12.1 Å². The van der Waals surface area contributed by atoms with Crippen molar-refractivity contribution in [2.24, 2.45) is 0 Å². The minimum Gasteiger partial charge on any atom is -0.477 e. The number of aromatic carboxylic acids is 1. The summed E-state index contributed by atoms with van der Waals surface area (Å²) in [6.07, 6.45) is 1.02. The topological polar surface area (TPSA) is 72.2 Å². The fourth-order valence-electron chi connectivity index (χ4n) is 3.24. The van der Waals surface area contributed by atoms with Gasteiger partial charge in [0.05, 0.1) is 28.8 Å². The molecule has 29 heavy (non-hydrogen) atoms. The van der Waals surface area contributed by atoms with Crippen LogP contribution in [0.1, 0.15) is 16.1 Å². The number of rotatable bonds is 4. The predicted molar refractivity (Wildman–Crippen MR) is 104 cm³/mol. The van der Waals surface area contributed by atoms with Gasteiger partial charge in [-0.25, -0.2) is 13.6 Å². The highest BCUT2D eigenvalue weighted by atomic mass is 19.1. The molecule has 2 aromatic heterocycles. The number of benzene rings is 2. The maximum atomic E-state index is 14.5. The molecule has 0 saturated heterocycles. The van der Waals surface area contributed by atoms with E-state index in [4.69, 9.17) is 0 Å². The largest absolute Gasteiger partial charge is 0.477 e. The molecule has 0 bridgehead atoms. The first kappa shape index (κ1) is 18.5. The highest BCUT2D eigenvalue weighted by Gasteiger charge is 2.20. The van der Waals surface area contributed by atoms with E-state index in [9.17, 15) is 23.5 Å². The minimum absolute atomic E-state index is 0.0435. The van der Waals surface area contributed by atoms with Gasteiger partial charge in [0, 0.05) is 11.8 Å². The second-order valence-corrected chi connectivity index (χ2v) is 6.44. The van der Waals surface area contributed by atoms with E-state index < -0.39 is 34.0 Å². The van der Waals surface area contributed by atoms with E-state index in [-0.39, 0.29) is 12.1 Å². The van der Waals surface area contributed by atoms with Crippen molar-refractivity contribution in [2.75, 3.05) is 0 Å². The fraction of sp³-hybridized carbons (Fsp3) is 0.0455. The number of hydrogen-bond acceptors (Lipinski definition) is 3. The molecule has 0 aliphatic rings. The lowest BCUT2D eigenvalue weighted by molar-refractivity contribution is 0.0695. The van der Waals surface area contributed by atoms with Crippen molar-refractivity contribution >= 4 is 16.9 Å². The van der Waals surface area contributed by atoms with Gasteiger partial charge in [-0.2, -0.15) is 0 Å². The zero-order valence-corrected chi connectivity index (χ0v) is 15.0. The van der Waals surface area contributed by atoms with Crippen molar-refractivity contribution < 1.29 is 18.7 Å². The summed E-state index contributed by atoms with van der Waals surface area (Å²) in [7, 11) is 0. The normalized spacial score (nSPS) is 11.0. The maximum Gasteiger partial charge on any atom is 0.341 e. The van der Waals surface area contributed by atoms with Gasteiger partial charge in [0.1, 0.15) is 17.2 Å². The number of halogens is 2. The number of fused-ring (bicyclic) bond motifs is 1. The maximum absolute atomic E-state index is 14.5. The Hall–Kier alpha value is -3.87. The summed E-state index contributed by atoms with van der Waals surface area (Å²) in [5.74, 6) is -3.32. The van der Waals surface area contributed by atoms with Crippen LogP contribution in [0.3, 0.4) is 0 Å². The molecule has 0 atom stereocenters. The van der Waals surface area contributed by atoms with Crippen LogP contribution < -0.4 is 5.43 Å². The number of carbonyl (C=O) groups is 1. The van der Waals surface area contributed by atoms with Crippen molar-refractivity contribution in [3.63, 3.8) is 0 Å². The van der Waals surface area contributed by atoms with Gasteiger partial charge < -0.3 is 9.67 Å². The standard InChI is InChI=1S/C22H14F2N2O3/c23-16-9-10-17(24)20-19(16)21(27)15(22(28)29)12-26(20)11-14-7-4-8-18(25-14)13-5-2-1-3-6-13/h1-10,12H,11H2,(H,28,29). The Bertz CT molecular complexity index is 1300. The van der Waals surface area contributed by atoms with E-state index in [1.165, 1.54) is 4.57 Å². The smallest absolute Gasteiger partial charge is 0.341 e. The number of carboxylic acids is 1. The monoisotopic (exact) mass is 392 g/mol. The van der Waals surface area contributed by atoms with Crippen LogP contribution in [0.2, 0.25) is 0 Å². The molecule has 0 amide bonds. The lowest BCUT2D eigenvalue weighted by Gasteiger charge is -2.14. The lowest BCUT2D eigenvalue weighted by Crippen LogP contribution is -2.21. The molecule has 2 heterocycles. The molecule has 4 aromatic rings. The molecule has 0 saturated carbocycles. The van der Waals surface area contributed by atoms with Crippen LogP contribution in [0.15, 0.2) is 71.7 Å². The summed E-state index contributed by atoms with van der Waals surface area (Å²) < 4.78 is 30.0. The van der Waals surface area contributed by atoms with Crippen molar-refractivity contribution in [1.82, 2.24) is 9.55 Å². The fourth-order valence-corrected chi connectivity index (χ4v) is 3.24. The van der Waals surface area contributed by atoms with Crippen LogP contribution in [0.25, 0.3) is 22.2 Å². The van der Waals surface area contributed by atoms with Crippen molar-refractivity contribution in [1.29, 1.82) is 0 Å². The molecular weight excluding hydrogens is 378 g/mol. The van der Waals surface area contributed by atoms with Gasteiger partial charge in [0.2, 0.25) is 5.43 Å². The number of carboxylic acid groups (broad SMARTS) is 1. The highest BCUT2D eigenvalue weighted by Crippen LogP contribution is 2.22. The van der Waals surface area contributed by atoms with E-state index >= 15 is 0 Å². The zero-order valence-electron chi connectivity index (χ0n) is 15.0. The summed E-state index contributed by atoms with van der Waals surface area (Å²) in [4.78, 5) is 28.4. The third-order valence-corrected chi connectivity index (χ3v) is 4.56. The van der Waals surface area contributed by atoms with Gasteiger partial charge >= 0.3 is 5.97 Å². The molecule has 0 unspecified atom stereocenters. The Labute approximate surface area is 163 Å². The Morgan fingerprint density at radius 2 is 1.69 bits per heavy atom. The summed E-state index contributed by atoms with van der Waals surface area (Å²) in [6, 6.07) is 16.4. The number of nitrogens with zero attached hydrogens (tertiary/aromatic N) is 2. The average molecular weight is 392 g/mol. The van der Waals surface area contributed by atoms with Crippen LogP contribution >= 0.6 is 0 Å². The molecule has 0 fully saturated rings. The molecule has 0 spiro atoms. The Morgan fingerprint density at radius 1 is 0.966 bits per heavy atom. The van der Waals surface area contributed by atoms with Gasteiger partial charge in [-0.1, -0.05) is 36.4 Å². The van der Waals surface area contributed by atoms with Crippen LogP contribution in [0.4, 0.5) is 8.78 Å². The van der Waals surface area contributed by atoms with Gasteiger partial charge in [0.25, 0.3) is 0 Å². The first-order valence-corrected chi connectivity index (χ1v) is 8.71. The summed E-state index contributed by atoms with van der Waals surface area (Å²) in [5, 5.41) is 8.73. The molecule has 4 rings (SSSR count).